The Morgan fingerprint density at radius 3 is 2.57 bits per heavy atom. The minimum absolute atomic E-state index is 0.120. The van der Waals surface area contributed by atoms with Gasteiger partial charge in [0.25, 0.3) is 0 Å². The molecule has 1 rings (SSSR count). The van der Waals surface area contributed by atoms with Crippen molar-refractivity contribution in [2.75, 3.05) is 18.5 Å². The fraction of sp³-hybridized carbons (Fsp3) is 0.429. The third-order valence-corrected chi connectivity index (χ3v) is 2.58. The molecule has 0 atom stereocenters. The molecule has 0 aliphatic rings. The summed E-state index contributed by atoms with van der Waals surface area (Å²) in [5, 5.41) is 13.8. The monoisotopic (exact) mass is 314 g/mol. The Morgan fingerprint density at radius 1 is 1.33 bits per heavy atom. The molecule has 0 fully saturated rings. The van der Waals surface area contributed by atoms with Gasteiger partial charge < -0.3 is 20.5 Å². The lowest BCUT2D eigenvalue weighted by Crippen LogP contribution is -2.31. The van der Waals surface area contributed by atoms with Gasteiger partial charge in [0.15, 0.2) is 0 Å². The van der Waals surface area contributed by atoms with Crippen molar-refractivity contribution < 1.29 is 19.4 Å². The third kappa shape index (κ3) is 6.01. The van der Waals surface area contributed by atoms with Crippen molar-refractivity contribution in [3.8, 4) is 0 Å². The van der Waals surface area contributed by atoms with E-state index in [4.69, 9.17) is 21.4 Å². The fourth-order valence-electron chi connectivity index (χ4n) is 1.42. The van der Waals surface area contributed by atoms with Crippen LogP contribution in [0.25, 0.3) is 0 Å². The summed E-state index contributed by atoms with van der Waals surface area (Å²) in [5.74, 6) is -0.502. The van der Waals surface area contributed by atoms with Gasteiger partial charge in [0, 0.05) is 6.54 Å². The standard InChI is InChI=1S/C14H19ClN2O4/c1-14(2,3)21-12(19)9-4-5-10(15)11(8-9)17-13(20)16-6-7-18/h4-5,8,18H,6-7H2,1-3H3,(H2,16,17,20). The Bertz CT molecular complexity index is 526. The molecule has 0 spiro atoms. The maximum Gasteiger partial charge on any atom is 0.338 e. The average Bonchev–Trinajstić information content (AvgIpc) is 2.36. The maximum atomic E-state index is 12.0. The Hall–Kier alpha value is -1.79. The molecule has 0 aliphatic carbocycles. The molecule has 0 saturated heterocycles. The number of carbonyl (C=O) groups excluding carboxylic acids is 2. The predicted octanol–water partition coefficient (Wildman–Crippen LogP) is 2.41. The van der Waals surface area contributed by atoms with Crippen molar-refractivity contribution in [1.82, 2.24) is 5.32 Å². The Kier molecular flexibility index (Phi) is 5.99. The summed E-state index contributed by atoms with van der Waals surface area (Å²) >= 11 is 5.97. The molecule has 7 heteroatoms. The molecule has 2 amide bonds. The summed E-state index contributed by atoms with van der Waals surface area (Å²) < 4.78 is 5.25. The number of benzene rings is 1. The SMILES string of the molecule is CC(C)(C)OC(=O)c1ccc(Cl)c(NC(=O)NCCO)c1. The minimum atomic E-state index is -0.608. The van der Waals surface area contributed by atoms with E-state index in [1.807, 2.05) is 0 Å². The van der Waals surface area contributed by atoms with Gasteiger partial charge in [-0.3, -0.25) is 0 Å². The van der Waals surface area contributed by atoms with Crippen LogP contribution >= 0.6 is 11.6 Å². The molecule has 0 aromatic heterocycles. The summed E-state index contributed by atoms with van der Waals surface area (Å²) in [6.45, 7) is 5.25. The van der Waals surface area contributed by atoms with E-state index in [2.05, 4.69) is 10.6 Å². The van der Waals surface area contributed by atoms with Crippen LogP contribution in [0.1, 0.15) is 31.1 Å². The summed E-state index contributed by atoms with van der Waals surface area (Å²) in [5.41, 5.74) is -0.0368. The quantitative estimate of drug-likeness (QED) is 0.745. The second kappa shape index (κ2) is 7.28. The Labute approximate surface area is 128 Å². The highest BCUT2D eigenvalue weighted by Gasteiger charge is 2.19. The highest BCUT2D eigenvalue weighted by molar-refractivity contribution is 6.33. The van der Waals surface area contributed by atoms with Crippen molar-refractivity contribution in [3.05, 3.63) is 28.8 Å². The zero-order chi connectivity index (χ0) is 16.0. The topological polar surface area (TPSA) is 87.7 Å². The number of aliphatic hydroxyl groups is 1. The highest BCUT2D eigenvalue weighted by Crippen LogP contribution is 2.24. The van der Waals surface area contributed by atoms with Crippen molar-refractivity contribution >= 4 is 29.3 Å². The van der Waals surface area contributed by atoms with Gasteiger partial charge in [-0.25, -0.2) is 9.59 Å². The summed E-state index contributed by atoms with van der Waals surface area (Å²) in [6.07, 6.45) is 0. The Morgan fingerprint density at radius 2 is 2.00 bits per heavy atom. The van der Waals surface area contributed by atoms with E-state index in [1.165, 1.54) is 18.2 Å². The third-order valence-electron chi connectivity index (χ3n) is 2.25. The molecule has 0 radical (unpaired) electrons. The van der Waals surface area contributed by atoms with Gasteiger partial charge in [-0.05, 0) is 39.0 Å². The van der Waals surface area contributed by atoms with Crippen LogP contribution in [0.5, 0.6) is 0 Å². The number of carbonyl (C=O) groups is 2. The number of esters is 1. The minimum Gasteiger partial charge on any atom is -0.456 e. The molecular formula is C14H19ClN2O4. The molecule has 21 heavy (non-hydrogen) atoms. The Balaban J connectivity index is 2.84. The first kappa shape index (κ1) is 17.3. The van der Waals surface area contributed by atoms with Crippen LogP contribution in [0.3, 0.4) is 0 Å². The maximum absolute atomic E-state index is 12.0. The van der Waals surface area contributed by atoms with Crippen LogP contribution in [-0.2, 0) is 4.74 Å². The molecule has 1 aromatic carbocycles. The highest BCUT2D eigenvalue weighted by atomic mass is 35.5. The molecular weight excluding hydrogens is 296 g/mol. The van der Waals surface area contributed by atoms with Crippen molar-refractivity contribution in [3.63, 3.8) is 0 Å². The molecule has 1 aromatic rings. The molecule has 0 heterocycles. The molecule has 3 N–H and O–H groups in total. The van der Waals surface area contributed by atoms with Crippen molar-refractivity contribution in [1.29, 1.82) is 0 Å². The van der Waals surface area contributed by atoms with E-state index in [9.17, 15) is 9.59 Å². The smallest absolute Gasteiger partial charge is 0.338 e. The molecule has 116 valence electrons. The number of urea groups is 1. The first-order valence-corrected chi connectivity index (χ1v) is 6.79. The number of ether oxygens (including phenoxy) is 1. The molecule has 6 nitrogen and oxygen atoms in total. The fourth-order valence-corrected chi connectivity index (χ4v) is 1.59. The van der Waals surface area contributed by atoms with E-state index in [1.54, 1.807) is 20.8 Å². The van der Waals surface area contributed by atoms with Crippen LogP contribution in [-0.4, -0.2) is 35.9 Å². The largest absolute Gasteiger partial charge is 0.456 e. The van der Waals surface area contributed by atoms with Crippen molar-refractivity contribution in [2.45, 2.75) is 26.4 Å². The second-order valence-electron chi connectivity index (χ2n) is 5.30. The zero-order valence-corrected chi connectivity index (χ0v) is 13.0. The number of anilines is 1. The number of rotatable bonds is 4. The number of nitrogens with one attached hydrogen (secondary N) is 2. The van der Waals surface area contributed by atoms with Crippen LogP contribution in [0.15, 0.2) is 18.2 Å². The van der Waals surface area contributed by atoms with E-state index >= 15 is 0 Å². The number of hydrogen-bond donors (Lipinski definition) is 3. The lowest BCUT2D eigenvalue weighted by molar-refractivity contribution is 0.00695. The normalized spacial score (nSPS) is 10.9. The van der Waals surface area contributed by atoms with Gasteiger partial charge >= 0.3 is 12.0 Å². The van der Waals surface area contributed by atoms with Gasteiger partial charge in [-0.2, -0.15) is 0 Å². The van der Waals surface area contributed by atoms with Gasteiger partial charge in [-0.1, -0.05) is 11.6 Å². The lowest BCUT2D eigenvalue weighted by Gasteiger charge is -2.19. The van der Waals surface area contributed by atoms with Gasteiger partial charge in [0.2, 0.25) is 0 Å². The number of hydrogen-bond acceptors (Lipinski definition) is 4. The van der Waals surface area contributed by atoms with E-state index < -0.39 is 17.6 Å². The second-order valence-corrected chi connectivity index (χ2v) is 5.71. The molecule has 0 unspecified atom stereocenters. The van der Waals surface area contributed by atoms with Gasteiger partial charge in [0.1, 0.15) is 5.60 Å². The first-order chi connectivity index (χ1) is 9.73. The average molecular weight is 315 g/mol. The van der Waals surface area contributed by atoms with Crippen LogP contribution in [0.4, 0.5) is 10.5 Å². The molecule has 0 saturated carbocycles. The van der Waals surface area contributed by atoms with Crippen LogP contribution in [0.2, 0.25) is 5.02 Å². The van der Waals surface area contributed by atoms with Gasteiger partial charge in [0.05, 0.1) is 22.9 Å². The number of aliphatic hydroxyl groups excluding tert-OH is 1. The number of halogens is 1. The first-order valence-electron chi connectivity index (χ1n) is 6.41. The summed E-state index contributed by atoms with van der Waals surface area (Å²) in [7, 11) is 0. The van der Waals surface area contributed by atoms with Gasteiger partial charge in [-0.15, -0.1) is 0 Å². The lowest BCUT2D eigenvalue weighted by atomic mass is 10.1. The van der Waals surface area contributed by atoms with E-state index in [-0.39, 0.29) is 24.4 Å². The van der Waals surface area contributed by atoms with E-state index in [0.29, 0.717) is 5.02 Å². The van der Waals surface area contributed by atoms with E-state index in [0.717, 1.165) is 0 Å². The predicted molar refractivity (Wildman–Crippen MR) is 80.7 cm³/mol. The number of amides is 2. The zero-order valence-electron chi connectivity index (χ0n) is 12.2. The summed E-state index contributed by atoms with van der Waals surface area (Å²) in [6, 6.07) is 3.94. The molecule has 0 aliphatic heterocycles. The molecule has 0 bridgehead atoms. The van der Waals surface area contributed by atoms with Crippen LogP contribution < -0.4 is 10.6 Å². The van der Waals surface area contributed by atoms with Crippen LogP contribution in [0, 0.1) is 0 Å². The van der Waals surface area contributed by atoms with Crippen molar-refractivity contribution in [2.24, 2.45) is 0 Å². The summed E-state index contributed by atoms with van der Waals surface area (Å²) in [4.78, 5) is 23.5.